The van der Waals surface area contributed by atoms with E-state index in [0.29, 0.717) is 0 Å². The van der Waals surface area contributed by atoms with E-state index in [1.807, 2.05) is 6.08 Å². The van der Waals surface area contributed by atoms with Gasteiger partial charge in [0.25, 0.3) is 0 Å². The van der Waals surface area contributed by atoms with Crippen molar-refractivity contribution in [1.29, 1.82) is 0 Å². The van der Waals surface area contributed by atoms with Crippen LogP contribution in [-0.4, -0.2) is 18.1 Å². The number of anilines is 1. The molecular formula is C15H18N2. The van der Waals surface area contributed by atoms with Gasteiger partial charge in [-0.2, -0.15) is 0 Å². The van der Waals surface area contributed by atoms with Gasteiger partial charge in [0.1, 0.15) is 6.67 Å². The molecule has 1 aliphatic rings. The maximum absolute atomic E-state index is 3.74. The molecule has 2 heteroatoms. The molecule has 0 N–H and O–H groups in total. The molecule has 2 nitrogen and oxygen atoms in total. The van der Waals surface area contributed by atoms with E-state index < -0.39 is 0 Å². The van der Waals surface area contributed by atoms with Crippen molar-refractivity contribution in [2.24, 2.45) is 0 Å². The molecule has 2 rings (SSSR count). The molecule has 0 amide bonds. The Morgan fingerprint density at radius 3 is 2.47 bits per heavy atom. The summed E-state index contributed by atoms with van der Waals surface area (Å²) < 4.78 is 0. The average molecular weight is 226 g/mol. The Kier molecular flexibility index (Phi) is 3.10. The molecule has 0 aliphatic carbocycles. The molecule has 0 saturated heterocycles. The zero-order chi connectivity index (χ0) is 12.4. The molecule has 1 aliphatic heterocycles. The molecular weight excluding hydrogens is 208 g/mol. The normalized spacial score (nSPS) is 13.6. The first-order valence-electron chi connectivity index (χ1n) is 5.84. The van der Waals surface area contributed by atoms with Crippen molar-refractivity contribution in [1.82, 2.24) is 4.90 Å². The predicted molar refractivity (Wildman–Crippen MR) is 72.7 cm³/mol. The molecule has 1 heterocycles. The van der Waals surface area contributed by atoms with Gasteiger partial charge >= 0.3 is 0 Å². The first kappa shape index (κ1) is 11.6. The van der Waals surface area contributed by atoms with Crippen LogP contribution in [0.2, 0.25) is 0 Å². The summed E-state index contributed by atoms with van der Waals surface area (Å²) in [6.07, 6.45) is 1.88. The summed E-state index contributed by atoms with van der Waals surface area (Å²) in [5.74, 6) is 0. The van der Waals surface area contributed by atoms with Crippen LogP contribution in [0.1, 0.15) is 16.7 Å². The maximum Gasteiger partial charge on any atom is 0.111 e. The van der Waals surface area contributed by atoms with Gasteiger partial charge in [-0.15, -0.1) is 6.58 Å². The van der Waals surface area contributed by atoms with Crippen LogP contribution in [0, 0.1) is 32.9 Å². The Labute approximate surface area is 104 Å². The molecule has 1 aromatic carbocycles. The van der Waals surface area contributed by atoms with E-state index in [2.05, 4.69) is 61.4 Å². The standard InChI is InChI=1S/C15H18N2/c1-5-6-16-7-8-17(11-16)15-13(3)9-12(2)10-14(15)4/h5,9-10H,1,6,11H2,2-4H3. The van der Waals surface area contributed by atoms with Gasteiger partial charge < -0.3 is 4.90 Å². The second-order valence-corrected chi connectivity index (χ2v) is 4.55. The van der Waals surface area contributed by atoms with Crippen LogP contribution >= 0.6 is 0 Å². The van der Waals surface area contributed by atoms with Crippen molar-refractivity contribution in [2.75, 3.05) is 18.1 Å². The zero-order valence-electron chi connectivity index (χ0n) is 10.7. The molecule has 0 spiro atoms. The van der Waals surface area contributed by atoms with Gasteiger partial charge in [-0.25, -0.2) is 0 Å². The fraction of sp³-hybridized carbons (Fsp3) is 0.333. The van der Waals surface area contributed by atoms with E-state index >= 15 is 0 Å². The lowest BCUT2D eigenvalue weighted by atomic mass is 10.0. The number of benzene rings is 1. The van der Waals surface area contributed by atoms with Gasteiger partial charge in [-0.1, -0.05) is 23.8 Å². The maximum atomic E-state index is 3.74. The van der Waals surface area contributed by atoms with Crippen LogP contribution in [0.15, 0.2) is 24.8 Å². The van der Waals surface area contributed by atoms with Crippen LogP contribution in [0.5, 0.6) is 0 Å². The van der Waals surface area contributed by atoms with Crippen molar-refractivity contribution in [2.45, 2.75) is 20.8 Å². The van der Waals surface area contributed by atoms with Crippen molar-refractivity contribution in [3.8, 4) is 12.1 Å². The molecule has 0 unspecified atom stereocenters. The number of hydrogen-bond donors (Lipinski definition) is 0. The van der Waals surface area contributed by atoms with Gasteiger partial charge in [0.05, 0.1) is 5.69 Å². The molecule has 88 valence electrons. The first-order valence-corrected chi connectivity index (χ1v) is 5.84. The Morgan fingerprint density at radius 2 is 1.88 bits per heavy atom. The van der Waals surface area contributed by atoms with Gasteiger partial charge in [-0.05, 0) is 31.9 Å². The van der Waals surface area contributed by atoms with E-state index in [-0.39, 0.29) is 0 Å². The third-order valence-electron chi connectivity index (χ3n) is 2.91. The molecule has 0 radical (unpaired) electrons. The minimum absolute atomic E-state index is 0.802. The summed E-state index contributed by atoms with van der Waals surface area (Å²) in [6, 6.07) is 10.7. The Morgan fingerprint density at radius 1 is 1.24 bits per heavy atom. The highest BCUT2D eigenvalue weighted by Crippen LogP contribution is 2.27. The van der Waals surface area contributed by atoms with Crippen LogP contribution in [0.3, 0.4) is 0 Å². The number of rotatable bonds is 3. The van der Waals surface area contributed by atoms with Crippen molar-refractivity contribution in [3.05, 3.63) is 41.5 Å². The smallest absolute Gasteiger partial charge is 0.111 e. The van der Waals surface area contributed by atoms with Gasteiger partial charge in [0, 0.05) is 18.6 Å². The summed E-state index contributed by atoms with van der Waals surface area (Å²) in [6.45, 7) is 11.8. The van der Waals surface area contributed by atoms with Crippen LogP contribution < -0.4 is 4.90 Å². The molecule has 1 aromatic rings. The quantitative estimate of drug-likeness (QED) is 0.577. The lowest BCUT2D eigenvalue weighted by molar-refractivity contribution is 0.469. The summed E-state index contributed by atoms with van der Waals surface area (Å²) in [5, 5.41) is 0. The van der Waals surface area contributed by atoms with Crippen molar-refractivity contribution in [3.63, 3.8) is 0 Å². The van der Waals surface area contributed by atoms with Crippen LogP contribution in [0.25, 0.3) is 0 Å². The monoisotopic (exact) mass is 226 g/mol. The van der Waals surface area contributed by atoms with E-state index in [0.717, 1.165) is 13.2 Å². The molecule has 0 atom stereocenters. The van der Waals surface area contributed by atoms with E-state index in [1.54, 1.807) is 0 Å². The van der Waals surface area contributed by atoms with Crippen molar-refractivity contribution < 1.29 is 0 Å². The highest BCUT2D eigenvalue weighted by molar-refractivity contribution is 5.64. The fourth-order valence-corrected chi connectivity index (χ4v) is 2.36. The number of hydrogen-bond acceptors (Lipinski definition) is 2. The molecule has 17 heavy (non-hydrogen) atoms. The minimum atomic E-state index is 0.802. The zero-order valence-corrected chi connectivity index (χ0v) is 10.7. The largest absolute Gasteiger partial charge is 0.308 e. The second-order valence-electron chi connectivity index (χ2n) is 4.55. The van der Waals surface area contributed by atoms with Crippen LogP contribution in [0.4, 0.5) is 5.69 Å². The molecule has 0 bridgehead atoms. The lowest BCUT2D eigenvalue weighted by Gasteiger charge is -2.22. The summed E-state index contributed by atoms with van der Waals surface area (Å²) in [4.78, 5) is 4.18. The third kappa shape index (κ3) is 2.29. The second kappa shape index (κ2) is 4.55. The summed E-state index contributed by atoms with van der Waals surface area (Å²) in [7, 11) is 0. The van der Waals surface area contributed by atoms with Gasteiger partial charge in [0.2, 0.25) is 0 Å². The predicted octanol–water partition coefficient (Wildman–Crippen LogP) is 2.80. The first-order chi connectivity index (χ1) is 8.11. The lowest BCUT2D eigenvalue weighted by Crippen LogP contribution is -2.27. The highest BCUT2D eigenvalue weighted by atomic mass is 15.3. The topological polar surface area (TPSA) is 6.48 Å². The highest BCUT2D eigenvalue weighted by Gasteiger charge is 2.16. The molecule has 0 aromatic heterocycles. The number of nitrogens with zero attached hydrogens (tertiary/aromatic N) is 2. The van der Waals surface area contributed by atoms with Gasteiger partial charge in [0.15, 0.2) is 0 Å². The molecule has 0 saturated carbocycles. The van der Waals surface area contributed by atoms with Crippen molar-refractivity contribution >= 4 is 5.69 Å². The molecule has 0 fully saturated rings. The Balaban J connectivity index is 2.27. The van der Waals surface area contributed by atoms with E-state index in [4.69, 9.17) is 0 Å². The van der Waals surface area contributed by atoms with Crippen LogP contribution in [-0.2, 0) is 0 Å². The number of aryl methyl sites for hydroxylation is 3. The summed E-state index contributed by atoms with van der Waals surface area (Å²) >= 11 is 0. The SMILES string of the molecule is C=CCN1C#CN(c2c(C)cc(C)cc2C)C1. The summed E-state index contributed by atoms with van der Waals surface area (Å²) in [5.41, 5.74) is 5.13. The fourth-order valence-electron chi connectivity index (χ4n) is 2.36. The third-order valence-corrected chi connectivity index (χ3v) is 2.91. The average Bonchev–Trinajstić information content (AvgIpc) is 2.65. The Hall–Kier alpha value is -1.88. The van der Waals surface area contributed by atoms with Gasteiger partial charge in [-0.3, -0.25) is 4.90 Å². The van der Waals surface area contributed by atoms with E-state index in [1.165, 1.54) is 22.4 Å². The minimum Gasteiger partial charge on any atom is -0.308 e. The van der Waals surface area contributed by atoms with E-state index in [9.17, 15) is 0 Å². The Bertz CT molecular complexity index is 482.